The largest absolute Gasteiger partial charge is 0.494 e. The van der Waals surface area contributed by atoms with Crippen LogP contribution in [0.25, 0.3) is 21.3 Å². The molecule has 1 fully saturated rings. The van der Waals surface area contributed by atoms with Gasteiger partial charge in [0.2, 0.25) is 5.43 Å². The van der Waals surface area contributed by atoms with Gasteiger partial charge in [0.25, 0.3) is 0 Å². The fourth-order valence-corrected chi connectivity index (χ4v) is 6.16. The number of ether oxygens (including phenoxy) is 1. The van der Waals surface area contributed by atoms with Crippen LogP contribution in [0.3, 0.4) is 0 Å². The second-order valence-electron chi connectivity index (χ2n) is 9.33. The van der Waals surface area contributed by atoms with E-state index in [9.17, 15) is 14.7 Å². The number of aromatic carboxylic acids is 1. The Morgan fingerprint density at radius 1 is 1.19 bits per heavy atom. The molecular formula is C28H25N3O5S. The van der Waals surface area contributed by atoms with Crippen molar-refractivity contribution in [1.82, 2.24) is 9.55 Å². The van der Waals surface area contributed by atoms with Gasteiger partial charge in [0.05, 0.1) is 23.7 Å². The Balaban J connectivity index is 1.42. The summed E-state index contributed by atoms with van der Waals surface area (Å²) >= 11 is 1.70. The minimum absolute atomic E-state index is 0.165. The number of benzene rings is 1. The van der Waals surface area contributed by atoms with Gasteiger partial charge < -0.3 is 19.2 Å². The second kappa shape index (κ2) is 9.48. The number of nitrogens with zero attached hydrogens (tertiary/aromatic N) is 3. The van der Waals surface area contributed by atoms with Gasteiger partial charge in [0.15, 0.2) is 5.75 Å². The lowest BCUT2D eigenvalue weighted by molar-refractivity contribution is 0.0695. The van der Waals surface area contributed by atoms with Crippen LogP contribution in [0.2, 0.25) is 0 Å². The van der Waals surface area contributed by atoms with Gasteiger partial charge in [-0.15, -0.1) is 11.3 Å². The van der Waals surface area contributed by atoms with Crippen LogP contribution in [0.4, 0.5) is 0 Å². The molecule has 37 heavy (non-hydrogen) atoms. The van der Waals surface area contributed by atoms with Crippen LogP contribution < -0.4 is 10.2 Å². The maximum absolute atomic E-state index is 13.0. The summed E-state index contributed by atoms with van der Waals surface area (Å²) in [6, 6.07) is 9.69. The van der Waals surface area contributed by atoms with Gasteiger partial charge in [-0.1, -0.05) is 5.16 Å². The summed E-state index contributed by atoms with van der Waals surface area (Å²) in [6.07, 6.45) is 9.63. The predicted molar refractivity (Wildman–Crippen MR) is 142 cm³/mol. The van der Waals surface area contributed by atoms with Crippen molar-refractivity contribution in [2.75, 3.05) is 7.11 Å². The second-order valence-corrected chi connectivity index (χ2v) is 10.5. The molecule has 1 aromatic carbocycles. The first-order chi connectivity index (χ1) is 18.0. The first-order valence-electron chi connectivity index (χ1n) is 12.3. The molecule has 1 saturated carbocycles. The minimum Gasteiger partial charge on any atom is -0.494 e. The first-order valence-corrected chi connectivity index (χ1v) is 13.1. The molecule has 4 aromatic rings. The zero-order valence-corrected chi connectivity index (χ0v) is 21.1. The number of carboxylic acid groups (broad SMARTS) is 1. The Hall–Kier alpha value is -3.98. The van der Waals surface area contributed by atoms with E-state index in [0.717, 1.165) is 59.4 Å². The Bertz CT molecular complexity index is 1600. The lowest BCUT2D eigenvalue weighted by Crippen LogP contribution is -2.19. The van der Waals surface area contributed by atoms with Crippen LogP contribution in [0.5, 0.6) is 5.75 Å². The van der Waals surface area contributed by atoms with Gasteiger partial charge in [-0.25, -0.2) is 4.79 Å². The summed E-state index contributed by atoms with van der Waals surface area (Å²) in [4.78, 5) is 36.7. The van der Waals surface area contributed by atoms with Crippen molar-refractivity contribution >= 4 is 33.9 Å². The number of oxime groups is 1. The molecule has 3 aromatic heterocycles. The highest BCUT2D eigenvalue weighted by molar-refractivity contribution is 7.16. The molecule has 0 radical (unpaired) electrons. The minimum atomic E-state index is -1.21. The van der Waals surface area contributed by atoms with Gasteiger partial charge in [-0.2, -0.15) is 0 Å². The van der Waals surface area contributed by atoms with Crippen molar-refractivity contribution in [2.45, 2.75) is 44.8 Å². The van der Waals surface area contributed by atoms with E-state index in [2.05, 4.69) is 16.2 Å². The predicted octanol–water partition coefficient (Wildman–Crippen LogP) is 5.42. The number of thiophene rings is 1. The third kappa shape index (κ3) is 4.29. The van der Waals surface area contributed by atoms with Crippen molar-refractivity contribution in [3.8, 4) is 16.2 Å². The van der Waals surface area contributed by atoms with Crippen LogP contribution in [0.15, 0.2) is 58.9 Å². The zero-order valence-electron chi connectivity index (χ0n) is 20.3. The van der Waals surface area contributed by atoms with Crippen molar-refractivity contribution in [2.24, 2.45) is 5.16 Å². The smallest absolute Gasteiger partial charge is 0.341 e. The van der Waals surface area contributed by atoms with E-state index in [1.165, 1.54) is 11.1 Å². The van der Waals surface area contributed by atoms with E-state index in [1.54, 1.807) is 36.9 Å². The molecule has 6 rings (SSSR count). The molecule has 2 aliphatic rings. The molecule has 8 nitrogen and oxygen atoms in total. The lowest BCUT2D eigenvalue weighted by atomic mass is 9.96. The standard InChI is InChI=1S/C28H25N3O5S/c1-35-27-18(7-8-19-25(27)31(17-5-6-17)14-21(26(19)32)28(33)34)24-13-20-22(3-2-4-23(20)37-24)30-36-15-16-9-11-29-12-10-16/h7-14,17H,2-6,15H2,1H3,(H,33,34)/b30-22-. The lowest BCUT2D eigenvalue weighted by Gasteiger charge is -2.17. The summed E-state index contributed by atoms with van der Waals surface area (Å²) < 4.78 is 7.81. The van der Waals surface area contributed by atoms with E-state index in [-0.39, 0.29) is 11.6 Å². The van der Waals surface area contributed by atoms with E-state index < -0.39 is 11.4 Å². The van der Waals surface area contributed by atoms with Crippen molar-refractivity contribution in [1.29, 1.82) is 0 Å². The number of fused-ring (bicyclic) bond motifs is 2. The molecule has 1 N–H and O–H groups in total. The van der Waals surface area contributed by atoms with Crippen molar-refractivity contribution in [3.63, 3.8) is 0 Å². The highest BCUT2D eigenvalue weighted by Crippen LogP contribution is 2.45. The maximum atomic E-state index is 13.0. The molecule has 0 amide bonds. The molecular weight excluding hydrogens is 490 g/mol. The number of carbonyl (C=O) groups is 1. The molecule has 0 saturated heterocycles. The Morgan fingerprint density at radius 3 is 2.73 bits per heavy atom. The van der Waals surface area contributed by atoms with E-state index in [0.29, 0.717) is 23.3 Å². The molecule has 0 aliphatic heterocycles. The van der Waals surface area contributed by atoms with Crippen LogP contribution in [-0.2, 0) is 17.9 Å². The summed E-state index contributed by atoms with van der Waals surface area (Å²) in [7, 11) is 1.60. The molecule has 0 bridgehead atoms. The number of pyridine rings is 2. The third-order valence-electron chi connectivity index (χ3n) is 6.88. The molecule has 0 spiro atoms. The zero-order chi connectivity index (χ0) is 25.5. The number of methoxy groups -OCH3 is 1. The Morgan fingerprint density at radius 2 is 2.00 bits per heavy atom. The van der Waals surface area contributed by atoms with E-state index >= 15 is 0 Å². The SMILES string of the molecule is COc1c(-c2cc3c(s2)CCC/C3=N/OCc2ccncc2)ccc2c(=O)c(C(=O)O)cn(C3CC3)c12. The monoisotopic (exact) mass is 515 g/mol. The average Bonchev–Trinajstić information content (AvgIpc) is 3.66. The van der Waals surface area contributed by atoms with Gasteiger partial charge in [0.1, 0.15) is 12.2 Å². The van der Waals surface area contributed by atoms with Crippen molar-refractivity contribution < 1.29 is 19.5 Å². The number of aryl methyl sites for hydroxylation is 1. The molecule has 0 atom stereocenters. The Labute approximate surface area is 216 Å². The number of aromatic nitrogens is 2. The van der Waals surface area contributed by atoms with Gasteiger partial charge >= 0.3 is 5.97 Å². The molecule has 2 aliphatic carbocycles. The number of hydrogen-bond donors (Lipinski definition) is 1. The average molecular weight is 516 g/mol. The molecule has 188 valence electrons. The van der Waals surface area contributed by atoms with Crippen LogP contribution in [0, 0.1) is 0 Å². The Kier molecular flexibility index (Phi) is 6.00. The van der Waals surface area contributed by atoms with E-state index in [1.807, 2.05) is 22.8 Å². The number of hydrogen-bond acceptors (Lipinski definition) is 7. The molecule has 9 heteroatoms. The summed E-state index contributed by atoms with van der Waals surface area (Å²) in [5.74, 6) is -0.627. The molecule has 0 unspecified atom stereocenters. The maximum Gasteiger partial charge on any atom is 0.341 e. The van der Waals surface area contributed by atoms with Gasteiger partial charge in [0, 0.05) is 45.5 Å². The van der Waals surface area contributed by atoms with Crippen LogP contribution in [0.1, 0.15) is 58.1 Å². The summed E-state index contributed by atoms with van der Waals surface area (Å²) in [5.41, 5.74) is 3.85. The first kappa shape index (κ1) is 23.4. The van der Waals surface area contributed by atoms with Gasteiger partial charge in [-0.05, 0) is 68.0 Å². The normalized spacial score (nSPS) is 16.1. The topological polar surface area (TPSA) is 103 Å². The number of rotatable bonds is 7. The van der Waals surface area contributed by atoms with Crippen LogP contribution >= 0.6 is 11.3 Å². The molecule has 3 heterocycles. The highest BCUT2D eigenvalue weighted by Gasteiger charge is 2.30. The van der Waals surface area contributed by atoms with Gasteiger partial charge in [-0.3, -0.25) is 9.78 Å². The van der Waals surface area contributed by atoms with Crippen molar-refractivity contribution in [3.05, 3.63) is 80.7 Å². The summed E-state index contributed by atoms with van der Waals surface area (Å²) in [5, 5.41) is 14.4. The number of carboxylic acids is 1. The van der Waals surface area contributed by atoms with E-state index in [4.69, 9.17) is 9.57 Å². The quantitative estimate of drug-likeness (QED) is 0.330. The fraction of sp³-hybridized carbons (Fsp3) is 0.286. The third-order valence-corrected chi connectivity index (χ3v) is 8.11. The van der Waals surface area contributed by atoms with Crippen LogP contribution in [-0.4, -0.2) is 33.4 Å². The summed E-state index contributed by atoms with van der Waals surface area (Å²) in [6.45, 7) is 0.383. The fourth-order valence-electron chi connectivity index (χ4n) is 4.91. The highest BCUT2D eigenvalue weighted by atomic mass is 32.1.